The third kappa shape index (κ3) is 4.06. The average molecular weight is 329 g/mol. The summed E-state index contributed by atoms with van der Waals surface area (Å²) < 4.78 is 28.5. The molecule has 0 radical (unpaired) electrons. The predicted octanol–water partition coefficient (Wildman–Crippen LogP) is 2.71. The van der Waals surface area contributed by atoms with Crippen molar-refractivity contribution in [1.29, 1.82) is 0 Å². The molecular weight excluding hydrogens is 304 g/mol. The van der Waals surface area contributed by atoms with Gasteiger partial charge in [-0.25, -0.2) is 13.1 Å². The molecule has 1 heterocycles. The number of thiophene rings is 1. The molecule has 0 unspecified atom stereocenters. The van der Waals surface area contributed by atoms with Crippen LogP contribution in [0.4, 0.5) is 0 Å². The van der Waals surface area contributed by atoms with Crippen LogP contribution in [0.5, 0.6) is 0 Å². The van der Waals surface area contributed by atoms with Crippen LogP contribution >= 0.6 is 11.3 Å². The van der Waals surface area contributed by atoms with Gasteiger partial charge in [-0.1, -0.05) is 13.8 Å². The van der Waals surface area contributed by atoms with Crippen molar-refractivity contribution in [3.63, 3.8) is 0 Å². The molecule has 3 rings (SSSR count). The van der Waals surface area contributed by atoms with Crippen molar-refractivity contribution in [3.05, 3.63) is 17.0 Å². The van der Waals surface area contributed by atoms with Gasteiger partial charge >= 0.3 is 0 Å². The highest BCUT2D eigenvalue weighted by molar-refractivity contribution is 7.91. The zero-order valence-electron chi connectivity index (χ0n) is 12.6. The molecule has 1 aromatic heterocycles. The molecule has 0 atom stereocenters. The largest absolute Gasteiger partial charge is 0.310 e. The normalized spacial score (nSPS) is 19.6. The molecule has 2 aliphatic carbocycles. The fourth-order valence-electron chi connectivity index (χ4n) is 2.63. The molecule has 2 N–H and O–H groups in total. The fraction of sp³-hybridized carbons (Fsp3) is 0.733. The quantitative estimate of drug-likeness (QED) is 0.771. The van der Waals surface area contributed by atoms with Crippen LogP contribution in [0.15, 0.2) is 16.3 Å². The summed E-state index contributed by atoms with van der Waals surface area (Å²) in [6.07, 6.45) is 4.71. The molecule has 2 fully saturated rings. The first-order valence-corrected chi connectivity index (χ1v) is 10.1. The number of sulfonamides is 1. The van der Waals surface area contributed by atoms with E-state index >= 15 is 0 Å². The van der Waals surface area contributed by atoms with E-state index in [1.807, 2.05) is 6.07 Å². The Hall–Kier alpha value is -0.430. The molecule has 0 spiro atoms. The van der Waals surface area contributed by atoms with Gasteiger partial charge in [0, 0.05) is 23.5 Å². The second kappa shape index (κ2) is 5.99. The molecule has 0 saturated heterocycles. The Morgan fingerprint density at radius 2 is 1.81 bits per heavy atom. The molecule has 0 aliphatic heterocycles. The van der Waals surface area contributed by atoms with Crippen LogP contribution in [0.25, 0.3) is 0 Å². The van der Waals surface area contributed by atoms with Gasteiger partial charge in [0.25, 0.3) is 0 Å². The highest BCUT2D eigenvalue weighted by Crippen LogP contribution is 2.45. The smallest absolute Gasteiger partial charge is 0.250 e. The fourth-order valence-corrected chi connectivity index (χ4v) is 5.32. The van der Waals surface area contributed by atoms with Crippen LogP contribution in [0.3, 0.4) is 0 Å². The van der Waals surface area contributed by atoms with Crippen molar-refractivity contribution >= 4 is 21.4 Å². The Balaban J connectivity index is 1.66. The lowest BCUT2D eigenvalue weighted by Gasteiger charge is -2.16. The van der Waals surface area contributed by atoms with E-state index in [0.29, 0.717) is 22.1 Å². The zero-order valence-corrected chi connectivity index (χ0v) is 14.3. The van der Waals surface area contributed by atoms with Gasteiger partial charge in [0.2, 0.25) is 10.0 Å². The second-order valence-electron chi connectivity index (χ2n) is 6.58. The van der Waals surface area contributed by atoms with Crippen molar-refractivity contribution in [2.24, 2.45) is 11.8 Å². The van der Waals surface area contributed by atoms with Crippen LogP contribution < -0.4 is 10.0 Å². The van der Waals surface area contributed by atoms with E-state index in [1.165, 1.54) is 37.0 Å². The molecule has 21 heavy (non-hydrogen) atoms. The van der Waals surface area contributed by atoms with E-state index in [4.69, 9.17) is 0 Å². The lowest BCUT2D eigenvalue weighted by atomic mass is 10.1. The van der Waals surface area contributed by atoms with Crippen molar-refractivity contribution in [1.82, 2.24) is 10.0 Å². The summed E-state index contributed by atoms with van der Waals surface area (Å²) in [5.74, 6) is 1.16. The lowest BCUT2D eigenvalue weighted by Crippen LogP contribution is -2.37. The van der Waals surface area contributed by atoms with E-state index < -0.39 is 10.0 Å². The topological polar surface area (TPSA) is 58.2 Å². The maximum atomic E-state index is 12.5. The third-order valence-electron chi connectivity index (χ3n) is 4.14. The predicted molar refractivity (Wildman–Crippen MR) is 85.9 cm³/mol. The van der Waals surface area contributed by atoms with Gasteiger partial charge in [-0.15, -0.1) is 11.3 Å². The first-order chi connectivity index (χ1) is 9.95. The van der Waals surface area contributed by atoms with Crippen LogP contribution in [0.2, 0.25) is 0 Å². The summed E-state index contributed by atoms with van der Waals surface area (Å²) in [4.78, 5) is 1.07. The Kier molecular flexibility index (Phi) is 4.41. The van der Waals surface area contributed by atoms with E-state index in [-0.39, 0.29) is 6.04 Å². The van der Waals surface area contributed by atoms with Gasteiger partial charge in [0.15, 0.2) is 0 Å². The summed E-state index contributed by atoms with van der Waals surface area (Å²) in [5.41, 5.74) is 0. The average Bonchev–Trinajstić information content (AvgIpc) is 3.32. The molecule has 2 saturated carbocycles. The molecule has 0 aromatic carbocycles. The van der Waals surface area contributed by atoms with Crippen LogP contribution in [-0.4, -0.2) is 20.5 Å². The number of nitrogens with one attached hydrogen (secondary N) is 2. The summed E-state index contributed by atoms with van der Waals surface area (Å²) in [6.45, 7) is 4.90. The molecule has 0 bridgehead atoms. The number of hydrogen-bond donors (Lipinski definition) is 2. The van der Waals surface area contributed by atoms with Gasteiger partial charge in [0.05, 0.1) is 0 Å². The molecule has 2 aliphatic rings. The summed E-state index contributed by atoms with van der Waals surface area (Å²) >= 11 is 1.38. The maximum absolute atomic E-state index is 12.5. The van der Waals surface area contributed by atoms with Gasteiger partial charge in [-0.3, -0.25) is 0 Å². The monoisotopic (exact) mass is 328 g/mol. The van der Waals surface area contributed by atoms with Crippen molar-refractivity contribution in [2.75, 3.05) is 0 Å². The maximum Gasteiger partial charge on any atom is 0.250 e. The van der Waals surface area contributed by atoms with Crippen LogP contribution in [0, 0.1) is 11.8 Å². The Morgan fingerprint density at radius 1 is 1.19 bits per heavy atom. The number of rotatable bonds is 8. The minimum atomic E-state index is -3.35. The van der Waals surface area contributed by atoms with Crippen molar-refractivity contribution in [3.8, 4) is 0 Å². The second-order valence-corrected chi connectivity index (χ2v) is 9.69. The summed E-state index contributed by atoms with van der Waals surface area (Å²) in [6, 6.07) is 4.23. The summed E-state index contributed by atoms with van der Waals surface area (Å²) in [7, 11) is -3.35. The van der Waals surface area contributed by atoms with E-state index in [0.717, 1.165) is 11.4 Å². The Morgan fingerprint density at radius 3 is 2.33 bits per heavy atom. The zero-order chi connectivity index (χ0) is 15.0. The van der Waals surface area contributed by atoms with Gasteiger partial charge < -0.3 is 5.32 Å². The Bertz CT molecular complexity index is 575. The SMILES string of the molecule is CC(C)NCc1ccc(S(=O)(=O)NC(C2CC2)C2CC2)s1. The lowest BCUT2D eigenvalue weighted by molar-refractivity contribution is 0.472. The molecule has 0 amide bonds. The molecule has 1 aromatic rings. The van der Waals surface area contributed by atoms with E-state index in [1.54, 1.807) is 6.07 Å². The highest BCUT2D eigenvalue weighted by Gasteiger charge is 2.43. The first-order valence-electron chi connectivity index (χ1n) is 7.80. The Labute approximate surface area is 131 Å². The van der Waals surface area contributed by atoms with Gasteiger partial charge in [-0.2, -0.15) is 0 Å². The van der Waals surface area contributed by atoms with Crippen LogP contribution in [-0.2, 0) is 16.6 Å². The number of hydrogen-bond acceptors (Lipinski definition) is 4. The molecule has 4 nitrogen and oxygen atoms in total. The van der Waals surface area contributed by atoms with Crippen LogP contribution in [0.1, 0.15) is 44.4 Å². The molecular formula is C15H24N2O2S2. The first kappa shape index (κ1) is 15.5. The minimum Gasteiger partial charge on any atom is -0.310 e. The highest BCUT2D eigenvalue weighted by atomic mass is 32.2. The van der Waals surface area contributed by atoms with E-state index in [2.05, 4.69) is 23.9 Å². The summed E-state index contributed by atoms with van der Waals surface area (Å²) in [5, 5.41) is 3.32. The molecule has 6 heteroatoms. The standard InChI is InChI=1S/C15H24N2O2S2/c1-10(2)16-9-13-7-8-14(20-13)21(18,19)17-15(11-3-4-11)12-5-6-12/h7-8,10-12,15-17H,3-6,9H2,1-2H3. The van der Waals surface area contributed by atoms with Crippen molar-refractivity contribution < 1.29 is 8.42 Å². The minimum absolute atomic E-state index is 0.175. The van der Waals surface area contributed by atoms with E-state index in [9.17, 15) is 8.42 Å². The third-order valence-corrected chi connectivity index (χ3v) is 7.17. The van der Waals surface area contributed by atoms with Gasteiger partial charge in [-0.05, 0) is 49.7 Å². The van der Waals surface area contributed by atoms with Gasteiger partial charge in [0.1, 0.15) is 4.21 Å². The van der Waals surface area contributed by atoms with Crippen molar-refractivity contribution in [2.45, 2.75) is 62.4 Å². The molecule has 118 valence electrons.